The lowest BCUT2D eigenvalue weighted by Gasteiger charge is -2.12. The number of rotatable bonds is 6. The van der Waals surface area contributed by atoms with E-state index in [-0.39, 0.29) is 5.25 Å². The Labute approximate surface area is 145 Å². The van der Waals surface area contributed by atoms with Gasteiger partial charge in [0.15, 0.2) is 11.0 Å². The van der Waals surface area contributed by atoms with Crippen LogP contribution in [0.4, 0.5) is 0 Å². The number of aromatic nitrogens is 5. The van der Waals surface area contributed by atoms with Gasteiger partial charge in [-0.15, -0.1) is 16.8 Å². The molecule has 0 N–H and O–H groups in total. The van der Waals surface area contributed by atoms with Gasteiger partial charge in [-0.05, 0) is 19.4 Å². The summed E-state index contributed by atoms with van der Waals surface area (Å²) in [5.74, 6) is 0.863. The zero-order valence-corrected chi connectivity index (χ0v) is 14.6. The fourth-order valence-electron chi connectivity index (χ4n) is 2.43. The number of benzene rings is 1. The minimum absolute atomic E-state index is 0.135. The number of hydrogen-bond donors (Lipinski definition) is 0. The van der Waals surface area contributed by atoms with Crippen molar-refractivity contribution in [3.63, 3.8) is 0 Å². The molecule has 0 spiro atoms. The van der Waals surface area contributed by atoms with Crippen LogP contribution in [0.1, 0.15) is 23.4 Å². The Morgan fingerprint density at radius 1 is 1.25 bits per heavy atom. The third-order valence-corrected chi connectivity index (χ3v) is 4.80. The highest BCUT2D eigenvalue weighted by Crippen LogP contribution is 2.34. The van der Waals surface area contributed by atoms with Crippen LogP contribution >= 0.6 is 11.8 Å². The van der Waals surface area contributed by atoms with E-state index >= 15 is 0 Å². The van der Waals surface area contributed by atoms with E-state index in [2.05, 4.69) is 57.3 Å². The summed E-state index contributed by atoms with van der Waals surface area (Å²) in [6.07, 6.45) is 7.04. The van der Waals surface area contributed by atoms with Gasteiger partial charge in [0, 0.05) is 30.7 Å². The van der Waals surface area contributed by atoms with Crippen molar-refractivity contribution in [3.8, 4) is 11.4 Å². The Morgan fingerprint density at radius 3 is 2.79 bits per heavy atom. The summed E-state index contributed by atoms with van der Waals surface area (Å²) in [5.41, 5.74) is 3.19. The molecule has 2 aromatic heterocycles. The monoisotopic (exact) mass is 337 g/mol. The largest absolute Gasteiger partial charge is 0.298 e. The van der Waals surface area contributed by atoms with Crippen molar-refractivity contribution in [2.24, 2.45) is 0 Å². The van der Waals surface area contributed by atoms with Crippen LogP contribution in [0.3, 0.4) is 0 Å². The topological polar surface area (TPSA) is 56.5 Å². The molecule has 0 aliphatic heterocycles. The highest BCUT2D eigenvalue weighted by atomic mass is 32.2. The molecule has 0 radical (unpaired) electrons. The van der Waals surface area contributed by atoms with Gasteiger partial charge in [0.05, 0.1) is 10.9 Å². The molecule has 5 nitrogen and oxygen atoms in total. The van der Waals surface area contributed by atoms with E-state index in [4.69, 9.17) is 0 Å². The molecule has 1 atom stereocenters. The lowest BCUT2D eigenvalue weighted by atomic mass is 10.1. The third-order valence-electron chi connectivity index (χ3n) is 3.70. The standard InChI is InChI=1S/C18H19N5S/c1-4-11-23-17(15-8-6-5-7-13(15)2)21-22-18(23)24-14(3)16-12-19-9-10-20-16/h4-10,12,14H,1,11H2,2-3H3. The first-order valence-corrected chi connectivity index (χ1v) is 8.61. The van der Waals surface area contributed by atoms with E-state index in [0.717, 1.165) is 22.2 Å². The van der Waals surface area contributed by atoms with Crippen molar-refractivity contribution in [3.05, 3.63) is 66.8 Å². The molecule has 6 heteroatoms. The highest BCUT2D eigenvalue weighted by molar-refractivity contribution is 7.99. The lowest BCUT2D eigenvalue weighted by Crippen LogP contribution is -2.03. The molecule has 1 unspecified atom stereocenters. The zero-order chi connectivity index (χ0) is 16.9. The average molecular weight is 337 g/mol. The predicted molar refractivity (Wildman–Crippen MR) is 96.7 cm³/mol. The van der Waals surface area contributed by atoms with Gasteiger partial charge in [0.25, 0.3) is 0 Å². The van der Waals surface area contributed by atoms with Crippen molar-refractivity contribution in [1.29, 1.82) is 0 Å². The Bertz CT molecular complexity index is 828. The maximum atomic E-state index is 4.42. The van der Waals surface area contributed by atoms with Gasteiger partial charge in [-0.2, -0.15) is 0 Å². The summed E-state index contributed by atoms with van der Waals surface area (Å²) in [7, 11) is 0. The summed E-state index contributed by atoms with van der Waals surface area (Å²) < 4.78 is 2.09. The van der Waals surface area contributed by atoms with Crippen molar-refractivity contribution in [2.75, 3.05) is 0 Å². The summed E-state index contributed by atoms with van der Waals surface area (Å²) in [6.45, 7) is 8.70. The molecule has 24 heavy (non-hydrogen) atoms. The molecule has 3 rings (SSSR count). The maximum Gasteiger partial charge on any atom is 0.192 e. The van der Waals surface area contributed by atoms with Gasteiger partial charge >= 0.3 is 0 Å². The number of nitrogens with zero attached hydrogens (tertiary/aromatic N) is 5. The number of allylic oxidation sites excluding steroid dienone is 1. The molecule has 0 saturated carbocycles. The molecule has 0 aliphatic carbocycles. The summed E-state index contributed by atoms with van der Waals surface area (Å²) >= 11 is 1.62. The van der Waals surface area contributed by atoms with E-state index in [1.54, 1.807) is 30.4 Å². The quantitative estimate of drug-likeness (QED) is 0.501. The second kappa shape index (κ2) is 7.40. The smallest absolute Gasteiger partial charge is 0.192 e. The molecule has 0 aliphatic rings. The van der Waals surface area contributed by atoms with Crippen molar-refractivity contribution < 1.29 is 0 Å². The molecular weight excluding hydrogens is 318 g/mol. The molecular formula is C18H19N5S. The molecule has 0 amide bonds. The zero-order valence-electron chi connectivity index (χ0n) is 13.8. The minimum atomic E-state index is 0.135. The lowest BCUT2D eigenvalue weighted by molar-refractivity contribution is 0.728. The first-order valence-electron chi connectivity index (χ1n) is 7.73. The van der Waals surface area contributed by atoms with E-state index in [1.807, 2.05) is 18.2 Å². The average Bonchev–Trinajstić information content (AvgIpc) is 2.99. The van der Waals surface area contributed by atoms with Crippen LogP contribution in [0.15, 0.2) is 60.7 Å². The van der Waals surface area contributed by atoms with Crippen LogP contribution in [-0.2, 0) is 6.54 Å². The Kier molecular flexibility index (Phi) is 5.05. The van der Waals surface area contributed by atoms with Gasteiger partial charge < -0.3 is 0 Å². The fourth-order valence-corrected chi connectivity index (χ4v) is 3.37. The van der Waals surface area contributed by atoms with Crippen molar-refractivity contribution >= 4 is 11.8 Å². The van der Waals surface area contributed by atoms with Crippen molar-refractivity contribution in [1.82, 2.24) is 24.7 Å². The second-order valence-electron chi connectivity index (χ2n) is 5.41. The third kappa shape index (κ3) is 3.38. The van der Waals surface area contributed by atoms with Gasteiger partial charge in [-0.1, -0.05) is 42.1 Å². The van der Waals surface area contributed by atoms with Gasteiger partial charge in [0.2, 0.25) is 0 Å². The summed E-state index contributed by atoms with van der Waals surface area (Å²) in [4.78, 5) is 8.50. The Balaban J connectivity index is 1.95. The first-order chi connectivity index (χ1) is 11.7. The van der Waals surface area contributed by atoms with Crippen molar-refractivity contribution in [2.45, 2.75) is 30.8 Å². The van der Waals surface area contributed by atoms with E-state index in [0.29, 0.717) is 6.54 Å². The van der Waals surface area contributed by atoms with Gasteiger partial charge in [-0.25, -0.2) is 0 Å². The van der Waals surface area contributed by atoms with Gasteiger partial charge in [-0.3, -0.25) is 14.5 Å². The molecule has 0 fully saturated rings. The van der Waals surface area contributed by atoms with E-state index in [9.17, 15) is 0 Å². The molecule has 122 valence electrons. The molecule has 0 bridgehead atoms. The van der Waals surface area contributed by atoms with Crippen LogP contribution in [0, 0.1) is 6.92 Å². The number of thioether (sulfide) groups is 1. The summed E-state index contributed by atoms with van der Waals surface area (Å²) in [5, 5.41) is 9.81. The first kappa shape index (κ1) is 16.4. The molecule has 1 aromatic carbocycles. The normalized spacial score (nSPS) is 12.1. The Morgan fingerprint density at radius 2 is 2.08 bits per heavy atom. The SMILES string of the molecule is C=CCn1c(SC(C)c2cnccn2)nnc1-c1ccccc1C. The number of aryl methyl sites for hydroxylation is 1. The van der Waals surface area contributed by atoms with Gasteiger partial charge in [0.1, 0.15) is 0 Å². The predicted octanol–water partition coefficient (Wildman–Crippen LogP) is 4.08. The van der Waals surface area contributed by atoms with Crippen LogP contribution < -0.4 is 0 Å². The molecule has 0 saturated heterocycles. The van der Waals surface area contributed by atoms with E-state index < -0.39 is 0 Å². The fraction of sp³-hybridized carbons (Fsp3) is 0.222. The number of hydrogen-bond acceptors (Lipinski definition) is 5. The highest BCUT2D eigenvalue weighted by Gasteiger charge is 2.18. The van der Waals surface area contributed by atoms with Crippen LogP contribution in [0.5, 0.6) is 0 Å². The van der Waals surface area contributed by atoms with Crippen LogP contribution in [0.25, 0.3) is 11.4 Å². The molecule has 2 heterocycles. The summed E-state index contributed by atoms with van der Waals surface area (Å²) in [6, 6.07) is 8.19. The van der Waals surface area contributed by atoms with Crippen LogP contribution in [-0.4, -0.2) is 24.7 Å². The Hall–Kier alpha value is -2.47. The minimum Gasteiger partial charge on any atom is -0.298 e. The second-order valence-corrected chi connectivity index (χ2v) is 6.72. The van der Waals surface area contributed by atoms with E-state index in [1.165, 1.54) is 5.56 Å². The maximum absolute atomic E-state index is 4.42. The molecule has 3 aromatic rings. The van der Waals surface area contributed by atoms with Crippen LogP contribution in [0.2, 0.25) is 0 Å².